The molecule has 7 heteroatoms. The Morgan fingerprint density at radius 2 is 1.75 bits per heavy atom. The number of alkyl carbamates (subject to hydrolysis) is 1. The lowest BCUT2D eigenvalue weighted by Crippen LogP contribution is -2.49. The van der Waals surface area contributed by atoms with Crippen LogP contribution in [-0.4, -0.2) is 28.8 Å². The van der Waals surface area contributed by atoms with Crippen LogP contribution in [-0.2, 0) is 15.1 Å². The number of benzene rings is 2. The van der Waals surface area contributed by atoms with Crippen LogP contribution in [0.3, 0.4) is 0 Å². The summed E-state index contributed by atoms with van der Waals surface area (Å²) in [7, 11) is 0. The van der Waals surface area contributed by atoms with Crippen LogP contribution in [0.4, 0.5) is 4.79 Å². The Bertz CT molecular complexity index is 989. The molecule has 1 aromatic heterocycles. The smallest absolute Gasteiger partial charge is 0.408 e. The van der Waals surface area contributed by atoms with Crippen LogP contribution in [0.2, 0.25) is 0 Å². The number of nitrogens with zero attached hydrogens (tertiary/aromatic N) is 1. The van der Waals surface area contributed by atoms with Gasteiger partial charge in [0, 0.05) is 17.5 Å². The molecule has 1 aliphatic carbocycles. The highest BCUT2D eigenvalue weighted by molar-refractivity contribution is 7.09. The highest BCUT2D eigenvalue weighted by Crippen LogP contribution is 2.44. The van der Waals surface area contributed by atoms with E-state index >= 15 is 0 Å². The molecule has 0 saturated heterocycles. The van der Waals surface area contributed by atoms with Gasteiger partial charge in [-0.25, -0.2) is 14.6 Å². The molecule has 0 fully saturated rings. The Balaban J connectivity index is 1.52. The predicted molar refractivity (Wildman–Crippen MR) is 105 cm³/mol. The molecule has 1 atom stereocenters. The van der Waals surface area contributed by atoms with Crippen molar-refractivity contribution >= 4 is 23.4 Å². The summed E-state index contributed by atoms with van der Waals surface area (Å²) in [5, 5.41) is 14.0. The number of amides is 1. The van der Waals surface area contributed by atoms with E-state index in [0.29, 0.717) is 0 Å². The van der Waals surface area contributed by atoms with Gasteiger partial charge in [-0.1, -0.05) is 48.5 Å². The predicted octanol–water partition coefficient (Wildman–Crippen LogP) is 3.98. The second-order valence-electron chi connectivity index (χ2n) is 6.72. The molecule has 3 aromatic rings. The van der Waals surface area contributed by atoms with Crippen molar-refractivity contribution in [2.24, 2.45) is 0 Å². The summed E-state index contributed by atoms with van der Waals surface area (Å²) in [5.74, 6) is -1.29. The van der Waals surface area contributed by atoms with Gasteiger partial charge in [-0.05, 0) is 29.2 Å². The fraction of sp³-hybridized carbons (Fsp3) is 0.190. The maximum absolute atomic E-state index is 12.4. The first-order valence-electron chi connectivity index (χ1n) is 8.77. The van der Waals surface area contributed by atoms with E-state index in [-0.39, 0.29) is 17.5 Å². The van der Waals surface area contributed by atoms with Crippen LogP contribution in [0.15, 0.2) is 60.1 Å². The summed E-state index contributed by atoms with van der Waals surface area (Å²) in [6.45, 7) is 1.52. The van der Waals surface area contributed by atoms with Gasteiger partial charge in [-0.3, -0.25) is 5.32 Å². The van der Waals surface area contributed by atoms with E-state index in [1.54, 1.807) is 5.38 Å². The number of nitrogens with one attached hydrogen (secondary N) is 1. The number of fused-ring (bicyclic) bond motifs is 3. The molecule has 142 valence electrons. The standard InChI is InChI=1S/C21H18N2O4S/c1-21(19(24)25,18-22-10-11-28-18)23-20(26)27-12-17-15-8-4-2-6-13(15)14-7-3-5-9-16(14)17/h2-11,17H,12H2,1H3,(H,23,26)(H,24,25)/t21-/m1/s1. The Labute approximate surface area is 165 Å². The quantitative estimate of drug-likeness (QED) is 0.683. The van der Waals surface area contributed by atoms with Crippen molar-refractivity contribution in [3.8, 4) is 11.1 Å². The fourth-order valence-electron chi connectivity index (χ4n) is 3.51. The zero-order chi connectivity index (χ0) is 19.7. The first kappa shape index (κ1) is 18.2. The third-order valence-electron chi connectivity index (χ3n) is 4.98. The van der Waals surface area contributed by atoms with Gasteiger partial charge >= 0.3 is 12.1 Å². The van der Waals surface area contributed by atoms with Crippen LogP contribution in [0.1, 0.15) is 29.0 Å². The minimum absolute atomic E-state index is 0.0888. The van der Waals surface area contributed by atoms with E-state index in [2.05, 4.69) is 22.4 Å². The molecule has 2 N–H and O–H groups in total. The largest absolute Gasteiger partial charge is 0.479 e. The second kappa shape index (κ2) is 7.09. The normalized spacial score (nSPS) is 14.6. The zero-order valence-electron chi connectivity index (χ0n) is 15.1. The Morgan fingerprint density at radius 3 is 2.29 bits per heavy atom. The Hall–Kier alpha value is -3.19. The molecule has 1 amide bonds. The molecule has 28 heavy (non-hydrogen) atoms. The van der Waals surface area contributed by atoms with Crippen LogP contribution in [0, 0.1) is 0 Å². The number of rotatable bonds is 5. The zero-order valence-corrected chi connectivity index (χ0v) is 15.9. The van der Waals surface area contributed by atoms with Gasteiger partial charge in [0.25, 0.3) is 0 Å². The minimum Gasteiger partial charge on any atom is -0.479 e. The van der Waals surface area contributed by atoms with Crippen LogP contribution < -0.4 is 5.32 Å². The van der Waals surface area contributed by atoms with Crippen molar-refractivity contribution in [1.29, 1.82) is 0 Å². The number of carboxylic acid groups (broad SMARTS) is 1. The lowest BCUT2D eigenvalue weighted by molar-refractivity contribution is -0.144. The van der Waals surface area contributed by atoms with Gasteiger partial charge < -0.3 is 9.84 Å². The molecule has 1 aliphatic rings. The highest BCUT2D eigenvalue weighted by atomic mass is 32.1. The van der Waals surface area contributed by atoms with Gasteiger partial charge in [0.1, 0.15) is 11.6 Å². The number of aliphatic carboxylic acids is 1. The topological polar surface area (TPSA) is 88.5 Å². The van der Waals surface area contributed by atoms with Crippen molar-refractivity contribution in [2.75, 3.05) is 6.61 Å². The van der Waals surface area contributed by atoms with E-state index in [1.165, 1.54) is 13.1 Å². The summed E-state index contributed by atoms with van der Waals surface area (Å²) in [6.07, 6.45) is 0.711. The third kappa shape index (κ3) is 3.03. The van der Waals surface area contributed by atoms with E-state index in [9.17, 15) is 14.7 Å². The van der Waals surface area contributed by atoms with Gasteiger partial charge in [-0.2, -0.15) is 0 Å². The number of ether oxygens (including phenoxy) is 1. The molecular formula is C21H18N2O4S. The number of carbonyl (C=O) groups is 2. The molecule has 4 rings (SSSR count). The first-order chi connectivity index (χ1) is 13.5. The molecule has 1 heterocycles. The maximum Gasteiger partial charge on any atom is 0.408 e. The maximum atomic E-state index is 12.4. The number of hydrogen-bond donors (Lipinski definition) is 2. The van der Waals surface area contributed by atoms with Crippen LogP contribution in [0.25, 0.3) is 11.1 Å². The summed E-state index contributed by atoms with van der Waals surface area (Å²) in [4.78, 5) is 28.2. The molecule has 0 unspecified atom stereocenters. The molecule has 0 radical (unpaired) electrons. The SMILES string of the molecule is C[C@](NC(=O)OCC1c2ccccc2-c2ccccc21)(C(=O)O)c1nccs1. The molecular weight excluding hydrogens is 376 g/mol. The average Bonchev–Trinajstić information content (AvgIpc) is 3.33. The van der Waals surface area contributed by atoms with Gasteiger partial charge in [0.2, 0.25) is 0 Å². The average molecular weight is 394 g/mol. The van der Waals surface area contributed by atoms with Crippen molar-refractivity contribution in [3.63, 3.8) is 0 Å². The molecule has 0 spiro atoms. The lowest BCUT2D eigenvalue weighted by atomic mass is 9.98. The van der Waals surface area contributed by atoms with Crippen molar-refractivity contribution in [1.82, 2.24) is 10.3 Å². The summed E-state index contributed by atoms with van der Waals surface area (Å²) in [5.41, 5.74) is 2.81. The van der Waals surface area contributed by atoms with Gasteiger partial charge in [-0.15, -0.1) is 11.3 Å². The van der Waals surface area contributed by atoms with E-state index < -0.39 is 17.6 Å². The lowest BCUT2D eigenvalue weighted by Gasteiger charge is -2.24. The monoisotopic (exact) mass is 394 g/mol. The molecule has 2 aromatic carbocycles. The minimum atomic E-state index is -1.64. The highest BCUT2D eigenvalue weighted by Gasteiger charge is 2.40. The number of carboxylic acids is 1. The summed E-state index contributed by atoms with van der Waals surface area (Å²) >= 11 is 1.16. The van der Waals surface area contributed by atoms with Crippen LogP contribution >= 0.6 is 11.3 Å². The molecule has 0 bridgehead atoms. The number of thiazole rings is 1. The van der Waals surface area contributed by atoms with Crippen molar-refractivity contribution in [2.45, 2.75) is 18.4 Å². The summed E-state index contributed by atoms with van der Waals surface area (Å²) in [6, 6.07) is 16.0. The fourth-order valence-corrected chi connectivity index (χ4v) is 4.25. The number of carbonyl (C=O) groups excluding carboxylic acids is 1. The molecule has 6 nitrogen and oxygen atoms in total. The van der Waals surface area contributed by atoms with Crippen LogP contribution in [0.5, 0.6) is 0 Å². The van der Waals surface area contributed by atoms with Gasteiger partial charge in [0.05, 0.1) is 0 Å². The molecule has 0 saturated carbocycles. The second-order valence-corrected chi connectivity index (χ2v) is 7.61. The molecule has 0 aliphatic heterocycles. The van der Waals surface area contributed by atoms with Gasteiger partial charge in [0.15, 0.2) is 5.54 Å². The summed E-state index contributed by atoms with van der Waals surface area (Å²) < 4.78 is 5.45. The Morgan fingerprint density at radius 1 is 1.14 bits per heavy atom. The van der Waals surface area contributed by atoms with E-state index in [0.717, 1.165) is 33.6 Å². The third-order valence-corrected chi connectivity index (χ3v) is 5.98. The number of hydrogen-bond acceptors (Lipinski definition) is 5. The number of aromatic nitrogens is 1. The van der Waals surface area contributed by atoms with Crippen molar-refractivity contribution in [3.05, 3.63) is 76.2 Å². The van der Waals surface area contributed by atoms with Crippen molar-refractivity contribution < 1.29 is 19.4 Å². The van der Waals surface area contributed by atoms with E-state index in [1.807, 2.05) is 36.4 Å². The Kier molecular flexibility index (Phi) is 4.60. The van der Waals surface area contributed by atoms with E-state index in [4.69, 9.17) is 4.74 Å². The first-order valence-corrected chi connectivity index (χ1v) is 9.65.